The summed E-state index contributed by atoms with van der Waals surface area (Å²) in [6, 6.07) is 6.23. The lowest BCUT2D eigenvalue weighted by Gasteiger charge is -2.21. The molecule has 0 unspecified atom stereocenters. The third-order valence-electron chi connectivity index (χ3n) is 4.84. The monoisotopic (exact) mass is 340 g/mol. The number of aryl methyl sites for hydroxylation is 1. The second-order valence-corrected chi connectivity index (χ2v) is 6.41. The molecule has 1 amide bonds. The molecule has 0 bridgehead atoms. The van der Waals surface area contributed by atoms with Crippen LogP contribution >= 0.6 is 0 Å². The van der Waals surface area contributed by atoms with Crippen LogP contribution in [0.4, 0.5) is 0 Å². The van der Waals surface area contributed by atoms with E-state index in [1.165, 1.54) is 22.8 Å². The van der Waals surface area contributed by atoms with Crippen molar-refractivity contribution in [2.45, 2.75) is 32.2 Å². The number of H-pyrrole nitrogens is 1. The fraction of sp³-hybridized carbons (Fsp3) is 0.389. The van der Waals surface area contributed by atoms with E-state index in [-0.39, 0.29) is 11.6 Å². The van der Waals surface area contributed by atoms with Crippen LogP contribution in [0, 0.1) is 6.92 Å². The summed E-state index contributed by atoms with van der Waals surface area (Å²) in [5, 5.41) is 11.0. The topological polar surface area (TPSA) is 93.0 Å². The minimum Gasteiger partial charge on any atom is -0.381 e. The van der Waals surface area contributed by atoms with Gasteiger partial charge in [0.2, 0.25) is 0 Å². The first-order valence-electron chi connectivity index (χ1n) is 8.47. The van der Waals surface area contributed by atoms with Crippen LogP contribution in [0.2, 0.25) is 0 Å². The van der Waals surface area contributed by atoms with Crippen LogP contribution in [-0.4, -0.2) is 34.4 Å². The molecule has 3 heterocycles. The normalized spacial score (nSPS) is 15.6. The number of carbonyl (C=O) groups excluding carboxylic acids is 1. The van der Waals surface area contributed by atoms with Gasteiger partial charge in [-0.2, -0.15) is 0 Å². The molecule has 2 aromatic heterocycles. The number of hydrogen-bond donors (Lipinski definition) is 2. The predicted octanol–water partition coefficient (Wildman–Crippen LogP) is 2.68. The first kappa shape index (κ1) is 15.8. The molecule has 25 heavy (non-hydrogen) atoms. The van der Waals surface area contributed by atoms with Crippen LogP contribution < -0.4 is 5.32 Å². The van der Waals surface area contributed by atoms with Gasteiger partial charge in [-0.1, -0.05) is 11.2 Å². The fourth-order valence-corrected chi connectivity index (χ4v) is 3.44. The van der Waals surface area contributed by atoms with Crippen LogP contribution in [0.3, 0.4) is 0 Å². The smallest absolute Gasteiger partial charge is 0.275 e. The number of nitrogens with zero attached hydrogens (tertiary/aromatic N) is 2. The Labute approximate surface area is 144 Å². The molecule has 0 aliphatic carbocycles. The summed E-state index contributed by atoms with van der Waals surface area (Å²) in [4.78, 5) is 15.5. The lowest BCUT2D eigenvalue weighted by atomic mass is 9.93. The first-order chi connectivity index (χ1) is 12.2. The number of fused-ring (bicyclic) bond motifs is 1. The minimum atomic E-state index is -0.296. The highest BCUT2D eigenvalue weighted by Crippen LogP contribution is 2.33. The molecule has 0 spiro atoms. The number of aromatic nitrogens is 3. The van der Waals surface area contributed by atoms with Crippen molar-refractivity contribution in [2.24, 2.45) is 0 Å². The molecule has 130 valence electrons. The molecule has 1 saturated heterocycles. The van der Waals surface area contributed by atoms with Gasteiger partial charge in [-0.3, -0.25) is 4.79 Å². The number of ether oxygens (including phenoxy) is 1. The highest BCUT2D eigenvalue weighted by molar-refractivity contribution is 5.91. The predicted molar refractivity (Wildman–Crippen MR) is 91.3 cm³/mol. The molecule has 7 nitrogen and oxygen atoms in total. The van der Waals surface area contributed by atoms with E-state index < -0.39 is 0 Å². The average Bonchev–Trinajstić information content (AvgIpc) is 3.29. The number of rotatable bonds is 4. The van der Waals surface area contributed by atoms with Gasteiger partial charge in [-0.25, -0.2) is 4.63 Å². The van der Waals surface area contributed by atoms with Crippen molar-refractivity contribution in [1.29, 1.82) is 0 Å². The molecule has 2 N–H and O–H groups in total. The Kier molecular flexibility index (Phi) is 4.23. The molecule has 0 atom stereocenters. The van der Waals surface area contributed by atoms with Crippen molar-refractivity contribution in [1.82, 2.24) is 20.6 Å². The maximum atomic E-state index is 11.9. The standard InChI is InChI=1S/C18H20N4O3/c1-11-14-8-12(9-19-18(23)16-10-20-25-22-16)2-3-15(14)21-17(11)13-4-6-24-7-5-13/h2-3,8,10,13,21H,4-7,9H2,1H3,(H,19,23). The average molecular weight is 340 g/mol. The van der Waals surface area contributed by atoms with Gasteiger partial charge in [0.1, 0.15) is 6.20 Å². The molecular weight excluding hydrogens is 320 g/mol. The minimum absolute atomic E-state index is 0.181. The Morgan fingerprint density at radius 1 is 1.36 bits per heavy atom. The Hall–Kier alpha value is -2.67. The molecule has 3 aromatic rings. The summed E-state index contributed by atoms with van der Waals surface area (Å²) >= 11 is 0. The summed E-state index contributed by atoms with van der Waals surface area (Å²) in [5.74, 6) is 0.235. The zero-order valence-electron chi connectivity index (χ0n) is 14.0. The number of hydrogen-bond acceptors (Lipinski definition) is 5. The molecular formula is C18H20N4O3. The van der Waals surface area contributed by atoms with Gasteiger partial charge < -0.3 is 15.0 Å². The van der Waals surface area contributed by atoms with Crippen molar-refractivity contribution in [3.8, 4) is 0 Å². The SMILES string of the molecule is Cc1c(C2CCOCC2)[nH]c2ccc(CNC(=O)c3cnon3)cc12. The van der Waals surface area contributed by atoms with Crippen molar-refractivity contribution >= 4 is 16.8 Å². The number of amides is 1. The van der Waals surface area contributed by atoms with Crippen LogP contribution in [-0.2, 0) is 11.3 Å². The van der Waals surface area contributed by atoms with Gasteiger partial charge in [0.25, 0.3) is 5.91 Å². The third-order valence-corrected chi connectivity index (χ3v) is 4.84. The van der Waals surface area contributed by atoms with Gasteiger partial charge >= 0.3 is 0 Å². The maximum Gasteiger partial charge on any atom is 0.275 e. The lowest BCUT2D eigenvalue weighted by molar-refractivity contribution is 0.0845. The van der Waals surface area contributed by atoms with Crippen LogP contribution in [0.15, 0.2) is 29.0 Å². The highest BCUT2D eigenvalue weighted by atomic mass is 16.6. The quantitative estimate of drug-likeness (QED) is 0.762. The molecule has 0 saturated carbocycles. The largest absolute Gasteiger partial charge is 0.381 e. The zero-order valence-corrected chi connectivity index (χ0v) is 14.0. The molecule has 1 aliphatic heterocycles. The van der Waals surface area contributed by atoms with Crippen LogP contribution in [0.25, 0.3) is 10.9 Å². The van der Waals surface area contributed by atoms with Crippen molar-refractivity contribution < 1.29 is 14.2 Å². The second kappa shape index (κ2) is 6.68. The van der Waals surface area contributed by atoms with E-state index in [2.05, 4.69) is 44.3 Å². The Morgan fingerprint density at radius 2 is 2.20 bits per heavy atom. The summed E-state index contributed by atoms with van der Waals surface area (Å²) in [6.45, 7) is 4.24. The van der Waals surface area contributed by atoms with E-state index >= 15 is 0 Å². The van der Waals surface area contributed by atoms with Gasteiger partial charge in [0, 0.05) is 42.3 Å². The Morgan fingerprint density at radius 3 is 2.96 bits per heavy atom. The van der Waals surface area contributed by atoms with E-state index in [1.54, 1.807) is 0 Å². The number of carbonyl (C=O) groups is 1. The molecule has 0 radical (unpaired) electrons. The van der Waals surface area contributed by atoms with Gasteiger partial charge in [0.05, 0.1) is 0 Å². The van der Waals surface area contributed by atoms with Gasteiger partial charge in [0.15, 0.2) is 5.69 Å². The first-order valence-corrected chi connectivity index (χ1v) is 8.47. The Bertz CT molecular complexity index is 879. The van der Waals surface area contributed by atoms with Crippen LogP contribution in [0.5, 0.6) is 0 Å². The fourth-order valence-electron chi connectivity index (χ4n) is 3.44. The Balaban J connectivity index is 1.53. The van der Waals surface area contributed by atoms with Gasteiger partial charge in [-0.15, -0.1) is 0 Å². The number of nitrogens with one attached hydrogen (secondary N) is 2. The highest BCUT2D eigenvalue weighted by Gasteiger charge is 2.20. The summed E-state index contributed by atoms with van der Waals surface area (Å²) in [7, 11) is 0. The molecule has 1 fully saturated rings. The van der Waals surface area contributed by atoms with E-state index in [4.69, 9.17) is 4.74 Å². The summed E-state index contributed by atoms with van der Waals surface area (Å²) < 4.78 is 9.92. The second-order valence-electron chi connectivity index (χ2n) is 6.41. The molecule has 4 rings (SSSR count). The van der Waals surface area contributed by atoms with E-state index in [1.807, 2.05) is 6.07 Å². The molecule has 7 heteroatoms. The van der Waals surface area contributed by atoms with Crippen LogP contribution in [0.1, 0.15) is 46.1 Å². The van der Waals surface area contributed by atoms with Crippen molar-refractivity contribution in [2.75, 3.05) is 13.2 Å². The number of aromatic amines is 1. The molecule has 1 aromatic carbocycles. The lowest BCUT2D eigenvalue weighted by Crippen LogP contribution is -2.23. The maximum absolute atomic E-state index is 11.9. The van der Waals surface area contributed by atoms with E-state index in [9.17, 15) is 4.79 Å². The van der Waals surface area contributed by atoms with E-state index in [0.717, 1.165) is 37.1 Å². The zero-order chi connectivity index (χ0) is 17.2. The third kappa shape index (κ3) is 3.15. The van der Waals surface area contributed by atoms with E-state index in [0.29, 0.717) is 12.5 Å². The number of benzene rings is 1. The molecule has 1 aliphatic rings. The summed E-state index contributed by atoms with van der Waals surface area (Å²) in [5.41, 5.74) is 4.96. The summed E-state index contributed by atoms with van der Waals surface area (Å²) in [6.07, 6.45) is 3.42. The van der Waals surface area contributed by atoms with Crippen molar-refractivity contribution in [3.63, 3.8) is 0 Å². The van der Waals surface area contributed by atoms with Gasteiger partial charge in [-0.05, 0) is 48.2 Å². The van der Waals surface area contributed by atoms with Crippen molar-refractivity contribution in [3.05, 3.63) is 46.9 Å².